The summed E-state index contributed by atoms with van der Waals surface area (Å²) in [4.78, 5) is 17.8. The van der Waals surface area contributed by atoms with Gasteiger partial charge in [0.2, 0.25) is 6.29 Å². The monoisotopic (exact) mass is 486 g/mol. The van der Waals surface area contributed by atoms with Gasteiger partial charge in [-0.15, -0.1) is 11.3 Å². The number of rotatable bonds is 5. The van der Waals surface area contributed by atoms with Crippen LogP contribution < -0.4 is 10.3 Å². The van der Waals surface area contributed by atoms with E-state index in [1.54, 1.807) is 6.07 Å². The summed E-state index contributed by atoms with van der Waals surface area (Å²) in [6.07, 6.45) is 0.577. The lowest BCUT2D eigenvalue weighted by Crippen LogP contribution is -2.57. The van der Waals surface area contributed by atoms with Crippen molar-refractivity contribution in [2.75, 3.05) is 4.90 Å². The van der Waals surface area contributed by atoms with E-state index < -0.39 is 6.29 Å². The predicted molar refractivity (Wildman–Crippen MR) is 130 cm³/mol. The Morgan fingerprint density at radius 2 is 1.97 bits per heavy atom. The first-order chi connectivity index (χ1) is 15.5. The number of halogens is 2. The molecule has 2 aromatic carbocycles. The Hall–Kier alpha value is -2.55. The number of thiophene rings is 1. The minimum Gasteiger partial charge on any atom is -0.294 e. The van der Waals surface area contributed by atoms with Crippen molar-refractivity contribution in [2.45, 2.75) is 31.9 Å². The zero-order chi connectivity index (χ0) is 22.2. The lowest BCUT2D eigenvalue weighted by atomic mass is 10.1. The number of thioether (sulfide) groups is 1. The van der Waals surface area contributed by atoms with E-state index in [-0.39, 0.29) is 11.7 Å². The number of benzene rings is 2. The van der Waals surface area contributed by atoms with E-state index in [2.05, 4.69) is 46.6 Å². The summed E-state index contributed by atoms with van der Waals surface area (Å²) in [5.74, 6) is 0.171. The largest absolute Gasteiger partial charge is 0.294 e. The molecule has 3 aromatic rings. The third-order valence-corrected chi connectivity index (χ3v) is 7.78. The first-order valence-corrected chi connectivity index (χ1v) is 12.4. The van der Waals surface area contributed by atoms with Crippen molar-refractivity contribution in [3.05, 3.63) is 86.3 Å². The highest BCUT2D eigenvalue weighted by molar-refractivity contribution is 8.13. The summed E-state index contributed by atoms with van der Waals surface area (Å²) < 4.78 is 13.4. The number of anilines is 1. The Bertz CT molecular complexity index is 1200. The average molecular weight is 487 g/mol. The molecular formula is C23H20ClFN4OS2. The number of fused-ring (bicyclic) bond motifs is 3. The zero-order valence-electron chi connectivity index (χ0n) is 17.2. The maximum absolute atomic E-state index is 13.4. The van der Waals surface area contributed by atoms with Crippen LogP contribution in [0.3, 0.4) is 0 Å². The molecule has 0 radical (unpaired) electrons. The van der Waals surface area contributed by atoms with Crippen molar-refractivity contribution in [1.82, 2.24) is 10.3 Å². The van der Waals surface area contributed by atoms with Gasteiger partial charge in [0, 0.05) is 17.3 Å². The minimum absolute atomic E-state index is 0.00801. The maximum Gasteiger partial charge on any atom is 0.269 e. The Morgan fingerprint density at radius 3 is 2.72 bits per heavy atom. The van der Waals surface area contributed by atoms with Gasteiger partial charge in [0.1, 0.15) is 10.7 Å². The second kappa shape index (κ2) is 8.77. The second-order valence-electron chi connectivity index (χ2n) is 7.53. The number of carbonyl (C=O) groups is 1. The highest BCUT2D eigenvalue weighted by Crippen LogP contribution is 2.39. The molecular weight excluding hydrogens is 467 g/mol. The summed E-state index contributed by atoms with van der Waals surface area (Å²) in [6, 6.07) is 14.7. The van der Waals surface area contributed by atoms with Gasteiger partial charge in [-0.2, -0.15) is 5.10 Å². The standard InChI is InChI=1S/C23H20ClFN4OS2/c1-2-14-3-5-15(6-4-14)12-28-21(30)20-19(9-10-31-20)29-22(28)26-27-23(29)32-13-16-7-8-17(25)11-18(16)24/h3-11,22,26H,2,12-13H2,1H3. The fourth-order valence-electron chi connectivity index (χ4n) is 3.78. The molecule has 164 valence electrons. The number of nitrogens with zero attached hydrogens (tertiary/aromatic N) is 3. The minimum atomic E-state index is -0.401. The summed E-state index contributed by atoms with van der Waals surface area (Å²) in [6.45, 7) is 2.60. The van der Waals surface area contributed by atoms with Gasteiger partial charge in [-0.1, -0.05) is 60.6 Å². The van der Waals surface area contributed by atoms with E-state index in [1.807, 2.05) is 16.3 Å². The highest BCUT2D eigenvalue weighted by atomic mass is 35.5. The molecule has 1 unspecified atom stereocenters. The van der Waals surface area contributed by atoms with Crippen molar-refractivity contribution < 1.29 is 9.18 Å². The molecule has 0 saturated heterocycles. The van der Waals surface area contributed by atoms with Crippen LogP contribution in [0, 0.1) is 5.82 Å². The lowest BCUT2D eigenvalue weighted by Gasteiger charge is -2.39. The fraction of sp³-hybridized carbons (Fsp3) is 0.217. The van der Waals surface area contributed by atoms with Crippen LogP contribution in [-0.2, 0) is 18.7 Å². The summed E-state index contributed by atoms with van der Waals surface area (Å²) in [7, 11) is 0. The number of nitrogens with one attached hydrogen (secondary N) is 1. The maximum atomic E-state index is 13.4. The molecule has 0 fully saturated rings. The van der Waals surface area contributed by atoms with Crippen LogP contribution in [0.15, 0.2) is 59.0 Å². The molecule has 5 nitrogen and oxygen atoms in total. The van der Waals surface area contributed by atoms with E-state index in [0.717, 1.165) is 28.4 Å². The number of hydrazone groups is 1. The molecule has 0 saturated carbocycles. The van der Waals surface area contributed by atoms with Crippen LogP contribution in [0.4, 0.5) is 10.1 Å². The van der Waals surface area contributed by atoms with Crippen LogP contribution >= 0.6 is 34.7 Å². The van der Waals surface area contributed by atoms with Crippen LogP contribution in [0.1, 0.15) is 33.3 Å². The summed E-state index contributed by atoms with van der Waals surface area (Å²) >= 11 is 9.13. The predicted octanol–water partition coefficient (Wildman–Crippen LogP) is 5.66. The van der Waals surface area contributed by atoms with Gasteiger partial charge in [-0.3, -0.25) is 20.0 Å². The third kappa shape index (κ3) is 3.87. The lowest BCUT2D eigenvalue weighted by molar-refractivity contribution is 0.0629. The van der Waals surface area contributed by atoms with Crippen molar-refractivity contribution in [3.8, 4) is 0 Å². The first kappa shape index (κ1) is 21.3. The van der Waals surface area contributed by atoms with Crippen LogP contribution in [0.5, 0.6) is 0 Å². The van der Waals surface area contributed by atoms with Gasteiger partial charge in [0.25, 0.3) is 5.91 Å². The summed E-state index contributed by atoms with van der Waals surface area (Å²) in [5.41, 5.74) is 7.14. The Labute approximate surface area is 198 Å². The third-order valence-electron chi connectivity index (χ3n) is 5.54. The molecule has 9 heteroatoms. The molecule has 0 bridgehead atoms. The molecule has 3 heterocycles. The van der Waals surface area contributed by atoms with Crippen LogP contribution in [0.2, 0.25) is 5.02 Å². The first-order valence-electron chi connectivity index (χ1n) is 10.2. The molecule has 1 amide bonds. The van der Waals surface area contributed by atoms with Gasteiger partial charge in [-0.25, -0.2) is 4.39 Å². The molecule has 5 rings (SSSR count). The number of aryl methyl sites for hydroxylation is 1. The number of hydrogen-bond donors (Lipinski definition) is 1. The van der Waals surface area contributed by atoms with Crippen LogP contribution in [0.25, 0.3) is 0 Å². The second-order valence-corrected chi connectivity index (χ2v) is 9.80. The number of hydrogen-bond acceptors (Lipinski definition) is 6. The van der Waals surface area contributed by atoms with Gasteiger partial charge < -0.3 is 0 Å². The molecule has 2 aliphatic heterocycles. The van der Waals surface area contributed by atoms with Gasteiger partial charge in [0.05, 0.1) is 5.69 Å². The Morgan fingerprint density at radius 1 is 1.19 bits per heavy atom. The van der Waals surface area contributed by atoms with Gasteiger partial charge in [-0.05, 0) is 46.7 Å². The SMILES string of the molecule is CCc1ccc(CN2C(=O)c3sccc3N3C(SCc4ccc(F)cc4Cl)=NNC23)cc1. The smallest absolute Gasteiger partial charge is 0.269 e. The topological polar surface area (TPSA) is 47.9 Å². The van der Waals surface area contributed by atoms with E-state index >= 15 is 0 Å². The van der Waals surface area contributed by atoms with E-state index in [4.69, 9.17) is 11.6 Å². The van der Waals surface area contributed by atoms with Gasteiger partial charge >= 0.3 is 0 Å². The molecule has 0 aliphatic carbocycles. The Kier molecular flexibility index (Phi) is 5.84. The van der Waals surface area contributed by atoms with Crippen molar-refractivity contribution in [3.63, 3.8) is 0 Å². The fourth-order valence-corrected chi connectivity index (χ4v) is 5.93. The quantitative estimate of drug-likeness (QED) is 0.505. The number of amides is 1. The number of amidine groups is 1. The molecule has 32 heavy (non-hydrogen) atoms. The highest BCUT2D eigenvalue weighted by Gasteiger charge is 2.43. The molecule has 1 N–H and O–H groups in total. The molecule has 1 aromatic heterocycles. The molecule has 0 spiro atoms. The van der Waals surface area contributed by atoms with Crippen LogP contribution in [-0.4, -0.2) is 22.3 Å². The summed E-state index contributed by atoms with van der Waals surface area (Å²) in [5, 5.41) is 7.59. The van der Waals surface area contributed by atoms with E-state index in [0.29, 0.717) is 22.2 Å². The average Bonchev–Trinajstić information content (AvgIpc) is 3.44. The van der Waals surface area contributed by atoms with Crippen molar-refractivity contribution in [2.24, 2.45) is 5.10 Å². The number of carbonyl (C=O) groups excluding carboxylic acids is 1. The Balaban J connectivity index is 1.39. The van der Waals surface area contributed by atoms with E-state index in [1.165, 1.54) is 40.8 Å². The normalized spacial score (nSPS) is 17.2. The zero-order valence-corrected chi connectivity index (χ0v) is 19.6. The van der Waals surface area contributed by atoms with Crippen molar-refractivity contribution >= 4 is 51.5 Å². The van der Waals surface area contributed by atoms with E-state index in [9.17, 15) is 9.18 Å². The molecule has 2 aliphatic rings. The van der Waals surface area contributed by atoms with Crippen molar-refractivity contribution in [1.29, 1.82) is 0 Å². The molecule has 1 atom stereocenters. The van der Waals surface area contributed by atoms with Gasteiger partial charge in [0.15, 0.2) is 5.17 Å².